The molecule has 0 spiro atoms. The van der Waals surface area contributed by atoms with Crippen molar-refractivity contribution in [2.75, 3.05) is 18.4 Å². The molecule has 1 saturated carbocycles. The topological polar surface area (TPSA) is 53.8 Å². The van der Waals surface area contributed by atoms with Crippen LogP contribution in [0.3, 0.4) is 0 Å². The first-order valence-corrected chi connectivity index (χ1v) is 4.42. The smallest absolute Gasteiger partial charge is 0.103 e. The number of H-pyrrole nitrogens is 1. The molecule has 3 heteroatoms. The van der Waals surface area contributed by atoms with E-state index < -0.39 is 0 Å². The standard InChI is InChI=1S/C9H15N3/c10-6-9(3-4-9)7-12-8-2-1-5-11-8/h1-2,5,11-12H,3-4,6-7,10H2. The zero-order valence-electron chi connectivity index (χ0n) is 7.14. The van der Waals surface area contributed by atoms with Gasteiger partial charge in [-0.25, -0.2) is 0 Å². The molecule has 1 aliphatic rings. The molecule has 3 nitrogen and oxygen atoms in total. The second-order valence-electron chi connectivity index (χ2n) is 3.64. The molecule has 0 aromatic carbocycles. The Morgan fingerprint density at radius 3 is 2.92 bits per heavy atom. The third-order valence-corrected chi connectivity index (χ3v) is 2.64. The van der Waals surface area contributed by atoms with E-state index in [1.54, 1.807) is 0 Å². The van der Waals surface area contributed by atoms with Crippen LogP contribution >= 0.6 is 0 Å². The first-order chi connectivity index (χ1) is 5.85. The summed E-state index contributed by atoms with van der Waals surface area (Å²) in [5.74, 6) is 1.09. The summed E-state index contributed by atoms with van der Waals surface area (Å²) in [6, 6.07) is 4.02. The first kappa shape index (κ1) is 7.68. The fourth-order valence-electron chi connectivity index (χ4n) is 1.35. The molecule has 0 aliphatic heterocycles. The molecule has 1 aromatic rings. The lowest BCUT2D eigenvalue weighted by molar-refractivity contribution is 0.555. The van der Waals surface area contributed by atoms with E-state index in [2.05, 4.69) is 10.3 Å². The third kappa shape index (κ3) is 1.46. The van der Waals surface area contributed by atoms with E-state index in [4.69, 9.17) is 5.73 Å². The SMILES string of the molecule is NCC1(CNc2ccc[nH]2)CC1. The van der Waals surface area contributed by atoms with Crippen LogP contribution in [-0.4, -0.2) is 18.1 Å². The Morgan fingerprint density at radius 1 is 1.58 bits per heavy atom. The molecule has 1 aromatic heterocycles. The van der Waals surface area contributed by atoms with Crippen molar-refractivity contribution in [1.29, 1.82) is 0 Å². The molecule has 0 bridgehead atoms. The Labute approximate surface area is 72.3 Å². The normalized spacial score (nSPS) is 19.1. The summed E-state index contributed by atoms with van der Waals surface area (Å²) in [5.41, 5.74) is 6.07. The number of aromatic amines is 1. The van der Waals surface area contributed by atoms with Crippen molar-refractivity contribution >= 4 is 5.82 Å². The lowest BCUT2D eigenvalue weighted by Gasteiger charge is -2.12. The molecule has 0 unspecified atom stereocenters. The summed E-state index contributed by atoms with van der Waals surface area (Å²) in [4.78, 5) is 3.11. The third-order valence-electron chi connectivity index (χ3n) is 2.64. The molecule has 66 valence electrons. The molecule has 0 atom stereocenters. The fraction of sp³-hybridized carbons (Fsp3) is 0.556. The zero-order valence-corrected chi connectivity index (χ0v) is 7.14. The van der Waals surface area contributed by atoms with Crippen LogP contribution in [0.25, 0.3) is 0 Å². The van der Waals surface area contributed by atoms with E-state index in [1.807, 2.05) is 18.3 Å². The quantitative estimate of drug-likeness (QED) is 0.627. The lowest BCUT2D eigenvalue weighted by Crippen LogP contribution is -2.24. The van der Waals surface area contributed by atoms with Gasteiger partial charge in [-0.15, -0.1) is 0 Å². The van der Waals surface area contributed by atoms with E-state index >= 15 is 0 Å². The van der Waals surface area contributed by atoms with Gasteiger partial charge >= 0.3 is 0 Å². The van der Waals surface area contributed by atoms with Gasteiger partial charge in [-0.1, -0.05) is 0 Å². The molecule has 0 radical (unpaired) electrons. The van der Waals surface area contributed by atoms with Gasteiger partial charge in [0.2, 0.25) is 0 Å². The Morgan fingerprint density at radius 2 is 2.42 bits per heavy atom. The molecule has 0 amide bonds. The molecule has 1 fully saturated rings. The summed E-state index contributed by atoms with van der Waals surface area (Å²) in [7, 11) is 0. The highest BCUT2D eigenvalue weighted by Crippen LogP contribution is 2.44. The molecule has 12 heavy (non-hydrogen) atoms. The van der Waals surface area contributed by atoms with Crippen LogP contribution in [0.4, 0.5) is 5.82 Å². The number of aromatic nitrogens is 1. The zero-order chi connectivity index (χ0) is 8.44. The van der Waals surface area contributed by atoms with Gasteiger partial charge in [0.1, 0.15) is 5.82 Å². The fourth-order valence-corrected chi connectivity index (χ4v) is 1.35. The van der Waals surface area contributed by atoms with Crippen LogP contribution in [-0.2, 0) is 0 Å². The minimum atomic E-state index is 0.408. The van der Waals surface area contributed by atoms with E-state index in [-0.39, 0.29) is 0 Å². The van der Waals surface area contributed by atoms with Crippen LogP contribution in [0.5, 0.6) is 0 Å². The number of nitrogens with one attached hydrogen (secondary N) is 2. The Balaban J connectivity index is 1.83. The highest BCUT2D eigenvalue weighted by molar-refractivity contribution is 5.34. The van der Waals surface area contributed by atoms with E-state index in [0.29, 0.717) is 5.41 Å². The van der Waals surface area contributed by atoms with Crippen LogP contribution in [0, 0.1) is 5.41 Å². The average Bonchev–Trinajstić information content (AvgIpc) is 2.70. The maximum absolute atomic E-state index is 5.66. The Bertz CT molecular complexity index is 236. The monoisotopic (exact) mass is 165 g/mol. The van der Waals surface area contributed by atoms with Crippen molar-refractivity contribution in [3.8, 4) is 0 Å². The predicted molar refractivity (Wildman–Crippen MR) is 50.0 cm³/mol. The van der Waals surface area contributed by atoms with Gasteiger partial charge < -0.3 is 16.0 Å². The number of hydrogen-bond acceptors (Lipinski definition) is 2. The van der Waals surface area contributed by atoms with Crippen molar-refractivity contribution in [1.82, 2.24) is 4.98 Å². The predicted octanol–water partition coefficient (Wildman–Crippen LogP) is 1.17. The summed E-state index contributed by atoms with van der Waals surface area (Å²) in [6.07, 6.45) is 4.47. The molecular weight excluding hydrogens is 150 g/mol. The van der Waals surface area contributed by atoms with E-state index in [1.165, 1.54) is 12.8 Å². The van der Waals surface area contributed by atoms with Gasteiger partial charge in [-0.05, 0) is 36.9 Å². The van der Waals surface area contributed by atoms with Gasteiger partial charge in [0.05, 0.1) is 0 Å². The van der Waals surface area contributed by atoms with Crippen LogP contribution in [0.15, 0.2) is 18.3 Å². The largest absolute Gasteiger partial charge is 0.371 e. The average molecular weight is 165 g/mol. The maximum atomic E-state index is 5.66. The van der Waals surface area contributed by atoms with Gasteiger partial charge in [0, 0.05) is 12.7 Å². The van der Waals surface area contributed by atoms with E-state index in [9.17, 15) is 0 Å². The number of hydrogen-bond donors (Lipinski definition) is 3. The molecule has 4 N–H and O–H groups in total. The molecule has 0 saturated heterocycles. The highest BCUT2D eigenvalue weighted by Gasteiger charge is 2.40. The number of nitrogens with two attached hydrogens (primary N) is 1. The van der Waals surface area contributed by atoms with Crippen molar-refractivity contribution in [2.24, 2.45) is 11.1 Å². The van der Waals surface area contributed by atoms with Crippen molar-refractivity contribution in [3.63, 3.8) is 0 Å². The van der Waals surface area contributed by atoms with Gasteiger partial charge in [-0.2, -0.15) is 0 Å². The Hall–Kier alpha value is -0.960. The maximum Gasteiger partial charge on any atom is 0.103 e. The number of rotatable bonds is 4. The van der Waals surface area contributed by atoms with Gasteiger partial charge in [0.25, 0.3) is 0 Å². The van der Waals surface area contributed by atoms with Crippen LogP contribution in [0.1, 0.15) is 12.8 Å². The Kier molecular flexibility index (Phi) is 1.81. The second-order valence-corrected chi connectivity index (χ2v) is 3.64. The summed E-state index contributed by atoms with van der Waals surface area (Å²) in [5, 5.41) is 3.34. The summed E-state index contributed by atoms with van der Waals surface area (Å²) < 4.78 is 0. The van der Waals surface area contributed by atoms with Crippen molar-refractivity contribution in [3.05, 3.63) is 18.3 Å². The van der Waals surface area contributed by atoms with Crippen molar-refractivity contribution in [2.45, 2.75) is 12.8 Å². The summed E-state index contributed by atoms with van der Waals surface area (Å²) in [6.45, 7) is 1.81. The molecule has 1 heterocycles. The summed E-state index contributed by atoms with van der Waals surface area (Å²) >= 11 is 0. The molecule has 2 rings (SSSR count). The van der Waals surface area contributed by atoms with Crippen LogP contribution in [0.2, 0.25) is 0 Å². The minimum Gasteiger partial charge on any atom is -0.371 e. The van der Waals surface area contributed by atoms with Crippen molar-refractivity contribution < 1.29 is 0 Å². The first-order valence-electron chi connectivity index (χ1n) is 4.42. The highest BCUT2D eigenvalue weighted by atomic mass is 15.0. The van der Waals surface area contributed by atoms with Gasteiger partial charge in [0.15, 0.2) is 0 Å². The lowest BCUT2D eigenvalue weighted by atomic mass is 10.1. The number of anilines is 1. The molecular formula is C9H15N3. The van der Waals surface area contributed by atoms with E-state index in [0.717, 1.165) is 18.9 Å². The minimum absolute atomic E-state index is 0.408. The van der Waals surface area contributed by atoms with Crippen LogP contribution < -0.4 is 11.1 Å². The molecule has 1 aliphatic carbocycles. The van der Waals surface area contributed by atoms with Gasteiger partial charge in [-0.3, -0.25) is 0 Å². The second kappa shape index (κ2) is 2.83.